The van der Waals surface area contributed by atoms with Gasteiger partial charge in [-0.05, 0) is 55.8 Å². The zero-order valence-electron chi connectivity index (χ0n) is 18.6. The summed E-state index contributed by atoms with van der Waals surface area (Å²) in [5, 5.41) is 0.508. The molecule has 3 aromatic rings. The summed E-state index contributed by atoms with van der Waals surface area (Å²) in [5.41, 5.74) is 1.13. The van der Waals surface area contributed by atoms with E-state index in [0.29, 0.717) is 40.3 Å². The van der Waals surface area contributed by atoms with Crippen molar-refractivity contribution in [2.24, 2.45) is 0 Å². The summed E-state index contributed by atoms with van der Waals surface area (Å²) < 4.78 is 44.2. The second-order valence-corrected chi connectivity index (χ2v) is 9.26. The molecular weight excluding hydrogens is 430 g/mol. The van der Waals surface area contributed by atoms with Crippen molar-refractivity contribution in [3.8, 4) is 5.75 Å². The first kappa shape index (κ1) is 23.7. The minimum Gasteiger partial charge on any atom is -0.497 e. The average Bonchev–Trinajstić information content (AvgIpc) is 3.10. The Labute approximate surface area is 188 Å². The van der Waals surface area contributed by atoms with E-state index in [1.54, 1.807) is 37.3 Å². The Bertz CT molecular complexity index is 1170. The van der Waals surface area contributed by atoms with E-state index in [-0.39, 0.29) is 4.90 Å². The van der Waals surface area contributed by atoms with E-state index in [1.807, 2.05) is 0 Å². The molecule has 0 saturated heterocycles. The van der Waals surface area contributed by atoms with Gasteiger partial charge in [0.15, 0.2) is 0 Å². The number of hydrogen-bond donors (Lipinski definition) is 1. The number of benzene rings is 2. The predicted octanol–water partition coefficient (Wildman–Crippen LogP) is 5.68. The Hall–Kier alpha value is -3.00. The highest BCUT2D eigenvalue weighted by molar-refractivity contribution is 7.92. The molecule has 0 radical (unpaired) electrons. The molecule has 0 unspecified atom stereocenters. The summed E-state index contributed by atoms with van der Waals surface area (Å²) in [4.78, 5) is 12.8. The van der Waals surface area contributed by atoms with Gasteiger partial charge in [-0.2, -0.15) is 0 Å². The van der Waals surface area contributed by atoms with E-state index in [1.165, 1.54) is 25.7 Å². The molecule has 7 nitrogen and oxygen atoms in total. The van der Waals surface area contributed by atoms with Gasteiger partial charge in [-0.15, -0.1) is 0 Å². The van der Waals surface area contributed by atoms with Gasteiger partial charge in [-0.25, -0.2) is 13.2 Å². The third-order valence-corrected chi connectivity index (χ3v) is 6.57. The SMILES string of the molecule is CCCCCCCOC(=O)c1c(C)oc2ccc(NS(=O)(=O)c3ccc(OC)cc3)cc12. The zero-order chi connectivity index (χ0) is 23.1. The first-order chi connectivity index (χ1) is 15.4. The molecule has 8 heteroatoms. The third kappa shape index (κ3) is 5.62. The van der Waals surface area contributed by atoms with Crippen LogP contribution in [0.1, 0.15) is 55.1 Å². The molecular formula is C24H29NO6S. The Morgan fingerprint density at radius 3 is 2.44 bits per heavy atom. The molecule has 172 valence electrons. The van der Waals surface area contributed by atoms with Crippen molar-refractivity contribution in [2.45, 2.75) is 50.8 Å². The Morgan fingerprint density at radius 2 is 1.75 bits per heavy atom. The highest BCUT2D eigenvalue weighted by Crippen LogP contribution is 2.30. The van der Waals surface area contributed by atoms with Gasteiger partial charge in [0, 0.05) is 11.1 Å². The van der Waals surface area contributed by atoms with Crippen LogP contribution in [0.3, 0.4) is 0 Å². The lowest BCUT2D eigenvalue weighted by atomic mass is 10.1. The number of nitrogens with one attached hydrogen (secondary N) is 1. The van der Waals surface area contributed by atoms with Crippen molar-refractivity contribution < 1.29 is 27.1 Å². The maximum absolute atomic E-state index is 12.7. The molecule has 3 rings (SSSR count). The Morgan fingerprint density at radius 1 is 1.03 bits per heavy atom. The molecule has 0 atom stereocenters. The van der Waals surface area contributed by atoms with E-state index < -0.39 is 16.0 Å². The first-order valence-corrected chi connectivity index (χ1v) is 12.2. The second-order valence-electron chi connectivity index (χ2n) is 7.58. The van der Waals surface area contributed by atoms with Gasteiger partial charge in [-0.1, -0.05) is 32.6 Å². The molecule has 0 fully saturated rings. The summed E-state index contributed by atoms with van der Waals surface area (Å²) in [7, 11) is -2.30. The molecule has 32 heavy (non-hydrogen) atoms. The molecule has 0 bridgehead atoms. The number of furan rings is 1. The number of anilines is 1. The third-order valence-electron chi connectivity index (χ3n) is 5.17. The van der Waals surface area contributed by atoms with Crippen molar-refractivity contribution in [1.29, 1.82) is 0 Å². The van der Waals surface area contributed by atoms with Gasteiger partial charge in [0.25, 0.3) is 10.0 Å². The number of aryl methyl sites for hydroxylation is 1. The molecule has 1 heterocycles. The second kappa shape index (κ2) is 10.5. The Kier molecular flexibility index (Phi) is 7.80. The van der Waals surface area contributed by atoms with E-state index in [9.17, 15) is 13.2 Å². The van der Waals surface area contributed by atoms with Crippen LogP contribution in [0.25, 0.3) is 11.0 Å². The van der Waals surface area contributed by atoms with Crippen LogP contribution < -0.4 is 9.46 Å². The quantitative estimate of drug-likeness (QED) is 0.293. The molecule has 0 saturated carbocycles. The van der Waals surface area contributed by atoms with E-state index in [4.69, 9.17) is 13.9 Å². The van der Waals surface area contributed by atoms with Crippen LogP contribution in [0.5, 0.6) is 5.75 Å². The van der Waals surface area contributed by atoms with Crippen molar-refractivity contribution in [2.75, 3.05) is 18.4 Å². The lowest BCUT2D eigenvalue weighted by molar-refractivity contribution is 0.0497. The van der Waals surface area contributed by atoms with Gasteiger partial charge in [0.05, 0.1) is 18.6 Å². The fourth-order valence-corrected chi connectivity index (χ4v) is 4.50. The highest BCUT2D eigenvalue weighted by atomic mass is 32.2. The number of unbranched alkanes of at least 4 members (excludes halogenated alkanes) is 4. The van der Waals surface area contributed by atoms with Gasteiger partial charge >= 0.3 is 5.97 Å². The number of carbonyl (C=O) groups excluding carboxylic acids is 1. The van der Waals surface area contributed by atoms with Crippen LogP contribution in [0.15, 0.2) is 51.8 Å². The number of methoxy groups -OCH3 is 1. The van der Waals surface area contributed by atoms with Crippen molar-refractivity contribution >= 4 is 32.6 Å². The standard InChI is InChI=1S/C24H29NO6S/c1-4-5-6-7-8-15-30-24(26)23-17(2)31-22-14-9-18(16-21(22)23)25-32(27,28)20-12-10-19(29-3)11-13-20/h9-14,16,25H,4-8,15H2,1-3H3. The summed E-state index contributed by atoms with van der Waals surface area (Å²) in [6, 6.07) is 10.9. The topological polar surface area (TPSA) is 94.8 Å². The fourth-order valence-electron chi connectivity index (χ4n) is 3.45. The summed E-state index contributed by atoms with van der Waals surface area (Å²) in [6.45, 7) is 4.19. The number of sulfonamides is 1. The number of rotatable bonds is 11. The molecule has 1 aromatic heterocycles. The number of carbonyl (C=O) groups is 1. The number of ether oxygens (including phenoxy) is 2. The van der Waals surface area contributed by atoms with E-state index in [2.05, 4.69) is 11.6 Å². The van der Waals surface area contributed by atoms with Crippen molar-refractivity contribution in [1.82, 2.24) is 0 Å². The number of fused-ring (bicyclic) bond motifs is 1. The maximum atomic E-state index is 12.7. The Balaban J connectivity index is 1.76. The van der Waals surface area contributed by atoms with Gasteiger partial charge in [0.1, 0.15) is 22.7 Å². The highest BCUT2D eigenvalue weighted by Gasteiger charge is 2.21. The molecule has 0 aliphatic rings. The smallest absolute Gasteiger partial charge is 0.342 e. The van der Waals surface area contributed by atoms with Gasteiger partial charge in [0.2, 0.25) is 0 Å². The lowest BCUT2D eigenvalue weighted by Gasteiger charge is -2.09. The largest absolute Gasteiger partial charge is 0.497 e. The number of esters is 1. The van der Waals surface area contributed by atoms with Crippen LogP contribution in [0.2, 0.25) is 0 Å². The summed E-state index contributed by atoms with van der Waals surface area (Å²) >= 11 is 0. The minimum atomic E-state index is -3.81. The van der Waals surface area contributed by atoms with Crippen LogP contribution in [-0.4, -0.2) is 28.1 Å². The molecule has 0 spiro atoms. The average molecular weight is 460 g/mol. The van der Waals surface area contributed by atoms with Crippen molar-refractivity contribution in [3.05, 3.63) is 53.8 Å². The monoisotopic (exact) mass is 459 g/mol. The molecule has 0 aliphatic heterocycles. The van der Waals surface area contributed by atoms with Gasteiger partial charge in [-0.3, -0.25) is 4.72 Å². The van der Waals surface area contributed by atoms with Gasteiger partial charge < -0.3 is 13.9 Å². The zero-order valence-corrected chi connectivity index (χ0v) is 19.5. The molecule has 0 amide bonds. The number of hydrogen-bond acceptors (Lipinski definition) is 6. The summed E-state index contributed by atoms with van der Waals surface area (Å²) in [6.07, 6.45) is 5.29. The molecule has 2 aromatic carbocycles. The predicted molar refractivity (Wildman–Crippen MR) is 124 cm³/mol. The first-order valence-electron chi connectivity index (χ1n) is 10.7. The van der Waals surface area contributed by atoms with Crippen LogP contribution in [0, 0.1) is 6.92 Å². The lowest BCUT2D eigenvalue weighted by Crippen LogP contribution is -2.13. The van der Waals surface area contributed by atoms with E-state index >= 15 is 0 Å². The van der Waals surface area contributed by atoms with E-state index in [0.717, 1.165) is 25.7 Å². The van der Waals surface area contributed by atoms with Crippen LogP contribution in [-0.2, 0) is 14.8 Å². The normalized spacial score (nSPS) is 11.5. The van der Waals surface area contributed by atoms with Crippen LogP contribution >= 0.6 is 0 Å². The molecule has 1 N–H and O–H groups in total. The summed E-state index contributed by atoms with van der Waals surface area (Å²) in [5.74, 6) is 0.533. The van der Waals surface area contributed by atoms with Crippen LogP contribution in [0.4, 0.5) is 5.69 Å². The fraction of sp³-hybridized carbons (Fsp3) is 0.375. The maximum Gasteiger partial charge on any atom is 0.342 e. The minimum absolute atomic E-state index is 0.101. The van der Waals surface area contributed by atoms with Crippen molar-refractivity contribution in [3.63, 3.8) is 0 Å². The molecule has 0 aliphatic carbocycles.